The molecule has 0 spiro atoms. The molecule has 24 heavy (non-hydrogen) atoms. The van der Waals surface area contributed by atoms with Gasteiger partial charge in [-0.25, -0.2) is 4.98 Å². The number of pyridine rings is 1. The van der Waals surface area contributed by atoms with Gasteiger partial charge in [-0.15, -0.1) is 0 Å². The fourth-order valence-corrected chi connectivity index (χ4v) is 3.13. The number of para-hydroxylation sites is 1. The number of likely N-dealkylation sites (tertiary alicyclic amines) is 1. The van der Waals surface area contributed by atoms with Crippen molar-refractivity contribution in [3.63, 3.8) is 0 Å². The minimum Gasteiger partial charge on any atom is -0.384 e. The highest BCUT2D eigenvalue weighted by Gasteiger charge is 2.33. The molecule has 1 saturated heterocycles. The van der Waals surface area contributed by atoms with Crippen molar-refractivity contribution in [2.24, 2.45) is 0 Å². The summed E-state index contributed by atoms with van der Waals surface area (Å²) in [5.74, 6) is 1.44. The molecule has 7 heteroatoms. The van der Waals surface area contributed by atoms with Crippen molar-refractivity contribution in [1.82, 2.24) is 20.0 Å². The van der Waals surface area contributed by atoms with Gasteiger partial charge < -0.3 is 15.2 Å². The molecule has 0 radical (unpaired) electrons. The number of amides is 1. The molecule has 1 aliphatic rings. The van der Waals surface area contributed by atoms with Crippen LogP contribution < -0.4 is 5.73 Å². The van der Waals surface area contributed by atoms with Crippen LogP contribution in [0.5, 0.6) is 0 Å². The molecule has 1 fully saturated rings. The Morgan fingerprint density at radius 3 is 2.96 bits per heavy atom. The summed E-state index contributed by atoms with van der Waals surface area (Å²) in [5.41, 5.74) is 7.46. The third kappa shape index (κ3) is 2.38. The lowest BCUT2D eigenvalue weighted by atomic mass is 10.1. The summed E-state index contributed by atoms with van der Waals surface area (Å²) in [6.45, 7) is 3.28. The van der Waals surface area contributed by atoms with E-state index in [-0.39, 0.29) is 11.8 Å². The molecule has 0 aliphatic carbocycles. The highest BCUT2D eigenvalue weighted by atomic mass is 16.5. The average Bonchev–Trinajstić information content (AvgIpc) is 3.20. The van der Waals surface area contributed by atoms with Crippen LogP contribution in [-0.4, -0.2) is 39.0 Å². The molecule has 2 N–H and O–H groups in total. The summed E-state index contributed by atoms with van der Waals surface area (Å²) in [6, 6.07) is 9.42. The first-order chi connectivity index (χ1) is 11.7. The van der Waals surface area contributed by atoms with Crippen molar-refractivity contribution in [3.05, 3.63) is 36.2 Å². The number of carbonyl (C=O) groups excluding carboxylic acids is 1. The molecule has 1 unspecified atom stereocenters. The van der Waals surface area contributed by atoms with Crippen LogP contribution in [0.3, 0.4) is 0 Å². The molecule has 7 nitrogen and oxygen atoms in total. The smallest absolute Gasteiger partial charge is 0.232 e. The van der Waals surface area contributed by atoms with Crippen LogP contribution >= 0.6 is 0 Å². The van der Waals surface area contributed by atoms with Crippen LogP contribution in [-0.2, 0) is 4.79 Å². The third-order valence-electron chi connectivity index (χ3n) is 4.36. The number of nitrogens with zero attached hydrogens (tertiary/aromatic N) is 4. The fraction of sp³-hybridized carbons (Fsp3) is 0.294. The van der Waals surface area contributed by atoms with Gasteiger partial charge in [-0.05, 0) is 19.1 Å². The molecule has 1 aliphatic heterocycles. The van der Waals surface area contributed by atoms with Crippen molar-refractivity contribution in [1.29, 1.82) is 0 Å². The van der Waals surface area contributed by atoms with E-state index in [1.165, 1.54) is 0 Å². The predicted octanol–water partition coefficient (Wildman–Crippen LogP) is 2.20. The van der Waals surface area contributed by atoms with E-state index in [1.807, 2.05) is 31.2 Å². The molecule has 1 atom stereocenters. The van der Waals surface area contributed by atoms with Gasteiger partial charge in [0, 0.05) is 30.5 Å². The maximum Gasteiger partial charge on any atom is 0.232 e. The molecule has 2 aromatic heterocycles. The molecular weight excluding hydrogens is 306 g/mol. The number of aromatic nitrogens is 3. The normalized spacial score (nSPS) is 17.8. The van der Waals surface area contributed by atoms with E-state index in [9.17, 15) is 4.79 Å². The molecule has 1 aromatic carbocycles. The number of benzene rings is 1. The zero-order chi connectivity index (χ0) is 16.7. The van der Waals surface area contributed by atoms with E-state index in [1.54, 1.807) is 11.0 Å². The minimum atomic E-state index is -0.0517. The first-order valence-electron chi connectivity index (χ1n) is 7.92. The first kappa shape index (κ1) is 14.6. The second-order valence-corrected chi connectivity index (χ2v) is 5.90. The standard InChI is InChI=1S/C17H17N5O2/c1-2-22-9-10(7-15(22)23)17-20-16(21-24-17)12-8-14(18)19-13-6-4-3-5-11(12)13/h3-6,8,10H,2,7,9H2,1H3,(H2,18,19). The highest BCUT2D eigenvalue weighted by molar-refractivity contribution is 5.94. The van der Waals surface area contributed by atoms with E-state index >= 15 is 0 Å². The Bertz CT molecular complexity index is 920. The number of anilines is 1. The lowest BCUT2D eigenvalue weighted by Crippen LogP contribution is -2.24. The number of likely N-dealkylation sites (N-methyl/N-ethyl adjacent to an activating group) is 1. The number of carbonyl (C=O) groups is 1. The summed E-state index contributed by atoms with van der Waals surface area (Å²) in [4.78, 5) is 22.5. The molecule has 0 bridgehead atoms. The summed E-state index contributed by atoms with van der Waals surface area (Å²) in [5, 5.41) is 5.01. The van der Waals surface area contributed by atoms with E-state index in [0.717, 1.165) is 16.5 Å². The van der Waals surface area contributed by atoms with Gasteiger partial charge in [0.05, 0.1) is 11.4 Å². The second-order valence-electron chi connectivity index (χ2n) is 5.90. The predicted molar refractivity (Wildman–Crippen MR) is 89.1 cm³/mol. The number of hydrogen-bond acceptors (Lipinski definition) is 6. The van der Waals surface area contributed by atoms with Gasteiger partial charge in [0.25, 0.3) is 0 Å². The molecule has 0 saturated carbocycles. The van der Waals surface area contributed by atoms with Crippen molar-refractivity contribution in [2.75, 3.05) is 18.8 Å². The lowest BCUT2D eigenvalue weighted by Gasteiger charge is -2.11. The molecule has 1 amide bonds. The van der Waals surface area contributed by atoms with Crippen LogP contribution in [0.2, 0.25) is 0 Å². The topological polar surface area (TPSA) is 98.1 Å². The van der Waals surface area contributed by atoms with Gasteiger partial charge >= 0.3 is 0 Å². The monoisotopic (exact) mass is 323 g/mol. The molecular formula is C17H17N5O2. The van der Waals surface area contributed by atoms with E-state index in [0.29, 0.717) is 37.0 Å². The number of nitrogens with two attached hydrogens (primary N) is 1. The van der Waals surface area contributed by atoms with Crippen LogP contribution in [0, 0.1) is 0 Å². The molecule has 122 valence electrons. The maximum absolute atomic E-state index is 11.9. The van der Waals surface area contributed by atoms with Crippen molar-refractivity contribution >= 4 is 22.6 Å². The van der Waals surface area contributed by atoms with E-state index < -0.39 is 0 Å². The molecule has 3 heterocycles. The Balaban J connectivity index is 1.72. The quantitative estimate of drug-likeness (QED) is 0.793. The Labute approximate surface area is 138 Å². The first-order valence-corrected chi connectivity index (χ1v) is 7.92. The van der Waals surface area contributed by atoms with E-state index in [2.05, 4.69) is 15.1 Å². The Kier molecular flexibility index (Phi) is 3.41. The number of hydrogen-bond donors (Lipinski definition) is 1. The summed E-state index contributed by atoms with van der Waals surface area (Å²) >= 11 is 0. The summed E-state index contributed by atoms with van der Waals surface area (Å²) in [7, 11) is 0. The lowest BCUT2D eigenvalue weighted by molar-refractivity contribution is -0.127. The van der Waals surface area contributed by atoms with E-state index in [4.69, 9.17) is 10.3 Å². The van der Waals surface area contributed by atoms with Crippen molar-refractivity contribution < 1.29 is 9.32 Å². The van der Waals surface area contributed by atoms with Crippen molar-refractivity contribution in [3.8, 4) is 11.4 Å². The Morgan fingerprint density at radius 2 is 2.17 bits per heavy atom. The number of nitrogen functional groups attached to an aromatic ring is 1. The number of rotatable bonds is 3. The second kappa shape index (κ2) is 5.59. The van der Waals surface area contributed by atoms with Gasteiger partial charge in [-0.3, -0.25) is 4.79 Å². The van der Waals surface area contributed by atoms with Gasteiger partial charge in [0.15, 0.2) is 0 Å². The Morgan fingerprint density at radius 1 is 1.33 bits per heavy atom. The van der Waals surface area contributed by atoms with Crippen LogP contribution in [0.4, 0.5) is 5.82 Å². The van der Waals surface area contributed by atoms with Gasteiger partial charge in [0.2, 0.25) is 17.6 Å². The van der Waals surface area contributed by atoms with Crippen LogP contribution in [0.1, 0.15) is 25.2 Å². The largest absolute Gasteiger partial charge is 0.384 e. The average molecular weight is 323 g/mol. The van der Waals surface area contributed by atoms with Crippen LogP contribution in [0.25, 0.3) is 22.3 Å². The zero-order valence-corrected chi connectivity index (χ0v) is 13.3. The van der Waals surface area contributed by atoms with Crippen molar-refractivity contribution in [2.45, 2.75) is 19.3 Å². The molecule has 4 rings (SSSR count). The minimum absolute atomic E-state index is 0.0517. The zero-order valence-electron chi connectivity index (χ0n) is 13.3. The maximum atomic E-state index is 11.9. The van der Waals surface area contributed by atoms with Crippen LogP contribution in [0.15, 0.2) is 34.9 Å². The Hall–Kier alpha value is -2.96. The summed E-state index contributed by atoms with van der Waals surface area (Å²) < 4.78 is 5.43. The van der Waals surface area contributed by atoms with Gasteiger partial charge in [-0.2, -0.15) is 4.98 Å². The SMILES string of the molecule is CCN1CC(c2nc(-c3cc(N)nc4ccccc34)no2)CC1=O. The van der Waals surface area contributed by atoms with Gasteiger partial charge in [0.1, 0.15) is 5.82 Å². The summed E-state index contributed by atoms with van der Waals surface area (Å²) in [6.07, 6.45) is 0.411. The van der Waals surface area contributed by atoms with Gasteiger partial charge in [-0.1, -0.05) is 23.4 Å². The fourth-order valence-electron chi connectivity index (χ4n) is 3.13. The molecule has 3 aromatic rings. The third-order valence-corrected chi connectivity index (χ3v) is 4.36. The highest BCUT2D eigenvalue weighted by Crippen LogP contribution is 2.31. The number of fused-ring (bicyclic) bond motifs is 1.